The number of rotatable bonds is 36. The van der Waals surface area contributed by atoms with Gasteiger partial charge in [-0.15, -0.1) is 0 Å². The van der Waals surface area contributed by atoms with E-state index in [-0.39, 0.29) is 64.0 Å². The molecule has 1 fully saturated rings. The second-order valence-corrected chi connectivity index (χ2v) is 27.7. The molecule has 4 rings (SSSR count). The minimum atomic E-state index is -4.57. The molecule has 2 aromatic carbocycles. The number of carbonyl (C=O) groups excluding carboxylic acids is 11. The third kappa shape index (κ3) is 30.6. The number of hydrogen-bond donors (Lipinski definition) is 17. The molecule has 0 bridgehead atoms. The van der Waals surface area contributed by atoms with E-state index < -0.39 is 214 Å². The summed E-state index contributed by atoms with van der Waals surface area (Å²) < 4.78 is 65.0. The van der Waals surface area contributed by atoms with Gasteiger partial charge < -0.3 is 79.3 Å². The number of ketones is 3. The molecule has 17 N–H and O–H groups in total. The lowest BCUT2D eigenvalue weighted by molar-refractivity contribution is -0.137. The molecule has 560 valence electrons. The van der Waals surface area contributed by atoms with Gasteiger partial charge in [0.25, 0.3) is 20.2 Å². The number of aliphatic hydroxyl groups is 2. The second-order valence-electron chi connectivity index (χ2n) is 24.8. The van der Waals surface area contributed by atoms with Gasteiger partial charge in [0.2, 0.25) is 47.3 Å². The number of amides is 8. The van der Waals surface area contributed by atoms with Crippen molar-refractivity contribution >= 4 is 84.8 Å². The van der Waals surface area contributed by atoms with Crippen LogP contribution in [0.4, 0.5) is 0 Å². The molecule has 2 heterocycles. The fourth-order valence-electron chi connectivity index (χ4n) is 10.9. The molecular formula is C66H100N14O19S2. The van der Waals surface area contributed by atoms with Gasteiger partial charge in [-0.1, -0.05) is 87.9 Å². The van der Waals surface area contributed by atoms with Crippen LogP contribution < -0.4 is 69.1 Å². The maximum Gasteiger partial charge on any atom is 0.278 e. The molecule has 0 spiro atoms. The summed E-state index contributed by atoms with van der Waals surface area (Å²) in [5.41, 5.74) is 1.90. The van der Waals surface area contributed by atoms with Gasteiger partial charge in [-0.2, -0.15) is 16.8 Å². The molecule has 8 amide bonds. The Bertz CT molecular complexity index is 3470. The standard InChI is InChI=1S/C66H100N14O19S2/c1-7-40(3)47-35-57(85)53(31-42-15-11-9-12-16-42)78-64(91)48(21-25-67-5)76-63(90)51(24-30-73-66(93)58(41(4)82)80-65(92)50(23-28-71-39-101(97,98)99)77-62(89)49(75-61(47)88)22-27-69-8-2)74-60(87)46(36-68-6)34-56(84)54(37-81)79-59(86)45(19-26-70-38-100(94,95)96)33-55(83)44-20-29-72-52(32-44)43-17-13-10-14-18-43/h9-18,20,29,32,40-41,45-51,53-54,58,67-71,81-82H,7-8,19,21-28,30-31,33-39H2,1-6H3,(H,73,93)(H,74,87)(H,75,88)(H,76,90)(H,77,89)(H,78,91)(H,79,86)(H,80,92)(H,94,95,96)(H,97,98,99)/t40-,41+,45+,46-,47-,48-,49-,50-,51-,53+,54-,58-/m0/s1. The third-order valence-corrected chi connectivity index (χ3v) is 18.0. The summed E-state index contributed by atoms with van der Waals surface area (Å²) in [7, 11) is -6.07. The van der Waals surface area contributed by atoms with Crippen molar-refractivity contribution in [2.75, 3.05) is 78.3 Å². The van der Waals surface area contributed by atoms with E-state index in [1.807, 2.05) is 0 Å². The maximum absolute atomic E-state index is 14.9. The molecule has 33 nitrogen and oxygen atoms in total. The van der Waals surface area contributed by atoms with E-state index in [0.717, 1.165) is 6.92 Å². The lowest BCUT2D eigenvalue weighted by Gasteiger charge is -2.29. The first-order valence-corrected chi connectivity index (χ1v) is 36.8. The summed E-state index contributed by atoms with van der Waals surface area (Å²) in [6, 6.07) is 9.38. The van der Waals surface area contributed by atoms with E-state index in [4.69, 9.17) is 0 Å². The molecule has 0 saturated carbocycles. The molecule has 1 aliphatic heterocycles. The second kappa shape index (κ2) is 43.6. The van der Waals surface area contributed by atoms with E-state index in [2.05, 4.69) is 74.1 Å². The van der Waals surface area contributed by atoms with Gasteiger partial charge in [0.15, 0.2) is 17.3 Å². The van der Waals surface area contributed by atoms with Crippen molar-refractivity contribution in [3.63, 3.8) is 0 Å². The Balaban J connectivity index is 1.76. The summed E-state index contributed by atoms with van der Waals surface area (Å²) in [5.74, 6) is -15.9. The zero-order valence-electron chi connectivity index (χ0n) is 57.8. The molecule has 0 aliphatic carbocycles. The van der Waals surface area contributed by atoms with E-state index in [1.165, 1.54) is 25.4 Å². The molecule has 12 atom stereocenters. The molecule has 101 heavy (non-hydrogen) atoms. The van der Waals surface area contributed by atoms with Crippen LogP contribution in [0, 0.1) is 23.7 Å². The highest BCUT2D eigenvalue weighted by molar-refractivity contribution is 7.85. The lowest BCUT2D eigenvalue weighted by atomic mass is 9.84. The quantitative estimate of drug-likeness (QED) is 0.0158. The Kier molecular flexibility index (Phi) is 36.9. The minimum Gasteiger partial charge on any atom is -0.394 e. The van der Waals surface area contributed by atoms with Crippen molar-refractivity contribution in [1.82, 2.24) is 74.1 Å². The third-order valence-electron chi connectivity index (χ3n) is 16.9. The Labute approximate surface area is 588 Å². The summed E-state index contributed by atoms with van der Waals surface area (Å²) in [5, 5.41) is 56.0. The molecule has 1 saturated heterocycles. The van der Waals surface area contributed by atoms with Crippen LogP contribution in [0.15, 0.2) is 79.0 Å². The van der Waals surface area contributed by atoms with Gasteiger partial charge in [-0.25, -0.2) is 0 Å². The monoisotopic (exact) mass is 1460 g/mol. The molecule has 35 heteroatoms. The molecule has 1 aromatic heterocycles. The number of nitrogens with zero attached hydrogens (tertiary/aromatic N) is 1. The first-order chi connectivity index (χ1) is 47.9. The zero-order chi connectivity index (χ0) is 74.8. The van der Waals surface area contributed by atoms with Gasteiger partial charge >= 0.3 is 0 Å². The Morgan fingerprint density at radius 1 is 0.644 bits per heavy atom. The van der Waals surface area contributed by atoms with Gasteiger partial charge in [-0.3, -0.25) is 66.8 Å². The normalized spacial score (nSPS) is 21.2. The summed E-state index contributed by atoms with van der Waals surface area (Å²) in [4.78, 5) is 163. The van der Waals surface area contributed by atoms with E-state index in [1.54, 1.807) is 88.5 Å². The van der Waals surface area contributed by atoms with Gasteiger partial charge in [-0.05, 0) is 116 Å². The Morgan fingerprint density at radius 2 is 1.21 bits per heavy atom. The number of Topliss-reactive ketones (excluding diaryl/α,β-unsaturated/α-hetero) is 3. The van der Waals surface area contributed by atoms with Crippen LogP contribution in [0.25, 0.3) is 11.3 Å². The average molecular weight is 1460 g/mol. The maximum atomic E-state index is 14.9. The number of carbonyl (C=O) groups is 11. The fourth-order valence-corrected chi connectivity index (χ4v) is 11.7. The Morgan fingerprint density at radius 3 is 1.78 bits per heavy atom. The number of aliphatic hydroxyl groups excluding tert-OH is 2. The zero-order valence-corrected chi connectivity index (χ0v) is 59.4. The van der Waals surface area contributed by atoms with Crippen molar-refractivity contribution in [2.45, 2.75) is 140 Å². The SMILES string of the molecule is CCNCC[C@@H]1NC(=O)[C@H]([C@@H](C)CC)CC(=O)[C@@H](Cc2ccccc2)NC(=O)[C@H](CCNC)NC(=O)[C@@H](NC(=O)[C@H](CNC)CC(=O)[C@H](CO)NC(=O)[C@H](CCNCS(=O)(=O)O)CC(=O)c2ccnc(-c3ccccc3)c2)CCNC(=O)[C@H]([C@@H](C)O)NC(=O)[C@H](CCNCS(=O)(=O)O)NC1=O. The predicted octanol–water partition coefficient (Wildman–Crippen LogP) is -2.86. The number of aromatic nitrogens is 1. The van der Waals surface area contributed by atoms with Crippen LogP contribution in [-0.4, -0.2) is 232 Å². The van der Waals surface area contributed by atoms with Crippen molar-refractivity contribution in [1.29, 1.82) is 0 Å². The predicted molar refractivity (Wildman–Crippen MR) is 372 cm³/mol. The summed E-state index contributed by atoms with van der Waals surface area (Å²) in [6.45, 7) is 4.76. The highest BCUT2D eigenvalue weighted by atomic mass is 32.2. The fraction of sp³-hybridized carbons (Fsp3) is 0.576. The largest absolute Gasteiger partial charge is 0.394 e. The van der Waals surface area contributed by atoms with Crippen molar-refractivity contribution < 1.29 is 88.9 Å². The molecule has 0 unspecified atom stereocenters. The van der Waals surface area contributed by atoms with Crippen LogP contribution in [-0.2, 0) is 74.6 Å². The number of nitrogens with one attached hydrogen (secondary N) is 13. The first kappa shape index (κ1) is 85.3. The number of hydrogen-bond acceptors (Lipinski definition) is 23. The number of pyridine rings is 1. The van der Waals surface area contributed by atoms with Crippen molar-refractivity contribution in [3.05, 3.63) is 90.1 Å². The van der Waals surface area contributed by atoms with E-state index in [0.29, 0.717) is 29.8 Å². The summed E-state index contributed by atoms with van der Waals surface area (Å²) in [6.07, 6.45) is -3.01. The van der Waals surface area contributed by atoms with Crippen LogP contribution in [0.2, 0.25) is 0 Å². The molecule has 0 radical (unpaired) electrons. The number of benzene rings is 2. The van der Waals surface area contributed by atoms with Crippen LogP contribution in [0.5, 0.6) is 0 Å². The van der Waals surface area contributed by atoms with Crippen LogP contribution >= 0.6 is 0 Å². The van der Waals surface area contributed by atoms with Gasteiger partial charge in [0.1, 0.15) is 48.0 Å². The van der Waals surface area contributed by atoms with E-state index in [9.17, 15) is 88.9 Å². The van der Waals surface area contributed by atoms with Crippen molar-refractivity contribution in [3.8, 4) is 11.3 Å². The minimum absolute atomic E-state index is 0.0582. The molecule has 3 aromatic rings. The molecule has 1 aliphatic rings. The smallest absolute Gasteiger partial charge is 0.278 e. The van der Waals surface area contributed by atoms with Crippen LogP contribution in [0.1, 0.15) is 101 Å². The first-order valence-electron chi connectivity index (χ1n) is 33.6. The summed E-state index contributed by atoms with van der Waals surface area (Å²) >= 11 is 0. The average Bonchev–Trinajstić information content (AvgIpc) is 1.07. The topological polar surface area (TPSA) is 506 Å². The van der Waals surface area contributed by atoms with Crippen LogP contribution in [0.3, 0.4) is 0 Å². The lowest BCUT2D eigenvalue weighted by Crippen LogP contribution is -2.60. The van der Waals surface area contributed by atoms with E-state index >= 15 is 0 Å². The molecular weight excluding hydrogens is 1360 g/mol. The van der Waals surface area contributed by atoms with Gasteiger partial charge in [0, 0.05) is 61.5 Å². The highest BCUT2D eigenvalue weighted by Gasteiger charge is 2.38. The van der Waals surface area contributed by atoms with Gasteiger partial charge in [0.05, 0.1) is 30.4 Å². The highest BCUT2D eigenvalue weighted by Crippen LogP contribution is 2.24. The Hall–Kier alpha value is -8.10. The van der Waals surface area contributed by atoms with Crippen molar-refractivity contribution in [2.24, 2.45) is 23.7 Å².